The van der Waals surface area contributed by atoms with Gasteiger partial charge in [0, 0.05) is 18.6 Å². The van der Waals surface area contributed by atoms with Crippen LogP contribution in [-0.4, -0.2) is 37.1 Å². The van der Waals surface area contributed by atoms with Gasteiger partial charge < -0.3 is 10.2 Å². The monoisotopic (exact) mass is 182 g/mol. The average Bonchev–Trinajstić information content (AvgIpc) is 2.12. The van der Waals surface area contributed by atoms with Gasteiger partial charge in [-0.1, -0.05) is 6.92 Å². The van der Waals surface area contributed by atoms with Crippen molar-refractivity contribution in [3.8, 4) is 0 Å². The first kappa shape index (κ1) is 9.47. The molecule has 0 aromatic rings. The van der Waals surface area contributed by atoms with E-state index in [2.05, 4.69) is 24.2 Å². The van der Waals surface area contributed by atoms with Crippen molar-refractivity contribution in [1.29, 1.82) is 0 Å². The van der Waals surface area contributed by atoms with Gasteiger partial charge in [0.2, 0.25) is 0 Å². The molecule has 0 aromatic carbocycles. The molecule has 13 heavy (non-hydrogen) atoms. The van der Waals surface area contributed by atoms with E-state index in [9.17, 15) is 0 Å². The molecule has 1 saturated heterocycles. The summed E-state index contributed by atoms with van der Waals surface area (Å²) in [4.78, 5) is 2.45. The molecule has 3 unspecified atom stereocenters. The first-order chi connectivity index (χ1) is 6.25. The molecule has 1 N–H and O–H groups in total. The number of likely N-dealkylation sites (N-methyl/N-ethyl adjacent to an activating group) is 1. The van der Waals surface area contributed by atoms with Crippen molar-refractivity contribution in [2.75, 3.05) is 20.1 Å². The molecule has 1 heterocycles. The molecule has 0 amide bonds. The van der Waals surface area contributed by atoms with E-state index in [1.54, 1.807) is 0 Å². The topological polar surface area (TPSA) is 15.3 Å². The summed E-state index contributed by atoms with van der Waals surface area (Å²) >= 11 is 0. The second-order valence-electron chi connectivity index (χ2n) is 4.93. The minimum atomic E-state index is 0.770. The van der Waals surface area contributed by atoms with Crippen LogP contribution in [0.2, 0.25) is 0 Å². The number of nitrogens with one attached hydrogen (secondary N) is 1. The summed E-state index contributed by atoms with van der Waals surface area (Å²) in [6.45, 7) is 4.91. The Kier molecular flexibility index (Phi) is 2.89. The maximum atomic E-state index is 3.79. The van der Waals surface area contributed by atoms with E-state index in [1.165, 1.54) is 38.8 Å². The summed E-state index contributed by atoms with van der Waals surface area (Å²) in [6.07, 6.45) is 5.59. The Labute approximate surface area is 81.7 Å². The molecule has 1 saturated carbocycles. The highest BCUT2D eigenvalue weighted by molar-refractivity contribution is 4.88. The fraction of sp³-hybridized carbons (Fsp3) is 1.00. The smallest absolute Gasteiger partial charge is 0.0198 e. The van der Waals surface area contributed by atoms with Crippen molar-refractivity contribution in [3.05, 3.63) is 0 Å². The molecule has 2 rings (SSSR count). The van der Waals surface area contributed by atoms with Crippen molar-refractivity contribution in [2.45, 2.75) is 44.7 Å². The lowest BCUT2D eigenvalue weighted by molar-refractivity contribution is 0.160. The van der Waals surface area contributed by atoms with E-state index in [0.717, 1.165) is 18.0 Å². The van der Waals surface area contributed by atoms with Crippen LogP contribution in [0.15, 0.2) is 0 Å². The van der Waals surface area contributed by atoms with Crippen molar-refractivity contribution in [3.63, 3.8) is 0 Å². The lowest BCUT2D eigenvalue weighted by atomic mass is 9.80. The fourth-order valence-electron chi connectivity index (χ4n) is 2.52. The van der Waals surface area contributed by atoms with Crippen molar-refractivity contribution in [2.24, 2.45) is 5.92 Å². The van der Waals surface area contributed by atoms with Gasteiger partial charge in [-0.15, -0.1) is 0 Å². The van der Waals surface area contributed by atoms with Crippen LogP contribution in [0.4, 0.5) is 0 Å². The lowest BCUT2D eigenvalue weighted by Crippen LogP contribution is -2.52. The standard InChI is InChI=1S/C11H22N2/c1-9-5-6-11(9)12-10-4-3-7-13(2)8-10/h9-12H,3-8H2,1-2H3. The average molecular weight is 182 g/mol. The van der Waals surface area contributed by atoms with E-state index < -0.39 is 0 Å². The van der Waals surface area contributed by atoms with Crippen molar-refractivity contribution >= 4 is 0 Å². The van der Waals surface area contributed by atoms with E-state index in [4.69, 9.17) is 0 Å². The predicted octanol–water partition coefficient (Wildman–Crippen LogP) is 1.47. The van der Waals surface area contributed by atoms with Crippen LogP contribution in [0.3, 0.4) is 0 Å². The van der Waals surface area contributed by atoms with Gasteiger partial charge in [0.15, 0.2) is 0 Å². The number of hydrogen-bond acceptors (Lipinski definition) is 2. The Morgan fingerprint density at radius 2 is 2.08 bits per heavy atom. The second-order valence-corrected chi connectivity index (χ2v) is 4.93. The zero-order valence-electron chi connectivity index (χ0n) is 8.92. The highest BCUT2D eigenvalue weighted by atomic mass is 15.1. The fourth-order valence-corrected chi connectivity index (χ4v) is 2.52. The Morgan fingerprint density at radius 3 is 2.62 bits per heavy atom. The third kappa shape index (κ3) is 2.23. The molecule has 0 radical (unpaired) electrons. The molecular weight excluding hydrogens is 160 g/mol. The molecule has 2 heteroatoms. The molecule has 2 nitrogen and oxygen atoms in total. The summed E-state index contributed by atoms with van der Waals surface area (Å²) < 4.78 is 0. The zero-order chi connectivity index (χ0) is 9.26. The number of nitrogens with zero attached hydrogens (tertiary/aromatic N) is 1. The minimum absolute atomic E-state index is 0.770. The van der Waals surface area contributed by atoms with Crippen LogP contribution in [0.5, 0.6) is 0 Å². The van der Waals surface area contributed by atoms with Crippen molar-refractivity contribution < 1.29 is 0 Å². The molecule has 3 atom stereocenters. The Bertz CT molecular complexity index is 169. The minimum Gasteiger partial charge on any atom is -0.310 e. The van der Waals surface area contributed by atoms with Gasteiger partial charge in [-0.2, -0.15) is 0 Å². The number of hydrogen-bond donors (Lipinski definition) is 1. The lowest BCUT2D eigenvalue weighted by Gasteiger charge is -2.40. The SMILES string of the molecule is CC1CCC1NC1CCCN(C)C1. The number of rotatable bonds is 2. The molecule has 0 aromatic heterocycles. The predicted molar refractivity (Wildman–Crippen MR) is 55.8 cm³/mol. The third-order valence-corrected chi connectivity index (χ3v) is 3.69. The van der Waals surface area contributed by atoms with E-state index in [1.807, 2.05) is 0 Å². The number of likely N-dealkylation sites (tertiary alicyclic amines) is 1. The van der Waals surface area contributed by atoms with Gasteiger partial charge in [-0.3, -0.25) is 0 Å². The molecule has 2 aliphatic rings. The summed E-state index contributed by atoms with van der Waals surface area (Å²) in [5.41, 5.74) is 0. The largest absolute Gasteiger partial charge is 0.310 e. The first-order valence-electron chi connectivity index (χ1n) is 5.70. The van der Waals surface area contributed by atoms with E-state index >= 15 is 0 Å². The van der Waals surface area contributed by atoms with Gasteiger partial charge in [-0.05, 0) is 45.2 Å². The molecule has 0 spiro atoms. The molecule has 2 fully saturated rings. The van der Waals surface area contributed by atoms with Gasteiger partial charge >= 0.3 is 0 Å². The molecule has 76 valence electrons. The summed E-state index contributed by atoms with van der Waals surface area (Å²) in [7, 11) is 2.23. The normalized spacial score (nSPS) is 41.5. The summed E-state index contributed by atoms with van der Waals surface area (Å²) in [6, 6.07) is 1.60. The maximum absolute atomic E-state index is 3.79. The van der Waals surface area contributed by atoms with E-state index in [-0.39, 0.29) is 0 Å². The Morgan fingerprint density at radius 1 is 1.23 bits per heavy atom. The van der Waals surface area contributed by atoms with Crippen LogP contribution in [0, 0.1) is 5.92 Å². The quantitative estimate of drug-likeness (QED) is 0.695. The van der Waals surface area contributed by atoms with Crippen LogP contribution < -0.4 is 5.32 Å². The number of piperidine rings is 1. The molecule has 1 aliphatic carbocycles. The zero-order valence-corrected chi connectivity index (χ0v) is 8.92. The Hall–Kier alpha value is -0.0800. The molecular formula is C11H22N2. The van der Waals surface area contributed by atoms with Gasteiger partial charge in [0.05, 0.1) is 0 Å². The molecule has 0 bridgehead atoms. The summed E-state index contributed by atoms with van der Waals surface area (Å²) in [5, 5.41) is 3.79. The van der Waals surface area contributed by atoms with Crippen LogP contribution in [0.1, 0.15) is 32.6 Å². The van der Waals surface area contributed by atoms with Gasteiger partial charge in [0.25, 0.3) is 0 Å². The second kappa shape index (κ2) is 3.97. The van der Waals surface area contributed by atoms with Crippen LogP contribution >= 0.6 is 0 Å². The Balaban J connectivity index is 1.74. The highest BCUT2D eigenvalue weighted by Gasteiger charge is 2.29. The van der Waals surface area contributed by atoms with Gasteiger partial charge in [-0.25, -0.2) is 0 Å². The first-order valence-corrected chi connectivity index (χ1v) is 5.70. The highest BCUT2D eigenvalue weighted by Crippen LogP contribution is 2.27. The van der Waals surface area contributed by atoms with Crippen LogP contribution in [0.25, 0.3) is 0 Å². The van der Waals surface area contributed by atoms with Gasteiger partial charge in [0.1, 0.15) is 0 Å². The maximum Gasteiger partial charge on any atom is 0.0198 e. The van der Waals surface area contributed by atoms with Crippen LogP contribution in [-0.2, 0) is 0 Å². The van der Waals surface area contributed by atoms with E-state index in [0.29, 0.717) is 0 Å². The third-order valence-electron chi connectivity index (χ3n) is 3.69. The summed E-state index contributed by atoms with van der Waals surface area (Å²) in [5.74, 6) is 0.923. The molecule has 1 aliphatic heterocycles. The van der Waals surface area contributed by atoms with Crippen molar-refractivity contribution in [1.82, 2.24) is 10.2 Å².